The van der Waals surface area contributed by atoms with E-state index in [0.717, 1.165) is 17.3 Å². The van der Waals surface area contributed by atoms with Gasteiger partial charge in [0.1, 0.15) is 0 Å². The molecule has 0 spiro atoms. The molecule has 0 bridgehead atoms. The van der Waals surface area contributed by atoms with Gasteiger partial charge in [-0.2, -0.15) is 0 Å². The second-order valence-corrected chi connectivity index (χ2v) is 2.75. The van der Waals surface area contributed by atoms with E-state index in [9.17, 15) is 0 Å². The lowest BCUT2D eigenvalue weighted by Crippen LogP contribution is -2.05. The largest absolute Gasteiger partial charge is 0.480 e. The van der Waals surface area contributed by atoms with E-state index in [4.69, 9.17) is 10.0 Å². The van der Waals surface area contributed by atoms with Gasteiger partial charge < -0.3 is 10.0 Å². The maximum Gasteiger partial charge on any atom is 0.480 e. The minimum Gasteiger partial charge on any atom is -0.424 e. The molecular formula is C5H10BIO2. The van der Waals surface area contributed by atoms with Crippen molar-refractivity contribution in [3.8, 4) is 0 Å². The summed E-state index contributed by atoms with van der Waals surface area (Å²) in [7, 11) is -1.28. The summed E-state index contributed by atoms with van der Waals surface area (Å²) < 4.78 is 1.11. The van der Waals surface area contributed by atoms with Crippen LogP contribution >= 0.6 is 22.6 Å². The summed E-state index contributed by atoms with van der Waals surface area (Å²) in [6, 6.07) is 0. The zero-order chi connectivity index (χ0) is 7.11. The first-order chi connectivity index (χ1) is 4.27. The quantitative estimate of drug-likeness (QED) is 0.329. The van der Waals surface area contributed by atoms with Crippen molar-refractivity contribution >= 4 is 29.7 Å². The van der Waals surface area contributed by atoms with Crippen LogP contribution in [0.25, 0.3) is 0 Å². The Hall–Kier alpha value is 0.455. The number of hydrogen-bond donors (Lipinski definition) is 2. The van der Waals surface area contributed by atoms with Crippen LogP contribution in [-0.2, 0) is 0 Å². The zero-order valence-electron chi connectivity index (χ0n) is 5.13. The third-order valence-electron chi connectivity index (χ3n) is 0.813. The third kappa shape index (κ3) is 8.45. The normalized spacial score (nSPS) is 10.6. The van der Waals surface area contributed by atoms with Crippen molar-refractivity contribution in [3.05, 3.63) is 12.1 Å². The number of allylic oxidation sites excluding steroid dienone is 1. The van der Waals surface area contributed by atoms with Crippen LogP contribution in [0.3, 0.4) is 0 Å². The summed E-state index contributed by atoms with van der Waals surface area (Å²) in [5, 5.41) is 16.6. The van der Waals surface area contributed by atoms with Crippen molar-refractivity contribution in [2.75, 3.05) is 4.43 Å². The van der Waals surface area contributed by atoms with E-state index in [-0.39, 0.29) is 0 Å². The molecule has 0 aliphatic rings. The highest BCUT2D eigenvalue weighted by atomic mass is 127. The second-order valence-electron chi connectivity index (χ2n) is 1.67. The highest BCUT2D eigenvalue weighted by Crippen LogP contribution is 1.94. The lowest BCUT2D eigenvalue weighted by Gasteiger charge is -1.87. The molecule has 0 amide bonds. The van der Waals surface area contributed by atoms with Crippen molar-refractivity contribution in [3.63, 3.8) is 0 Å². The smallest absolute Gasteiger partial charge is 0.424 e. The molecule has 0 unspecified atom stereocenters. The predicted octanol–water partition coefficient (Wildman–Crippen LogP) is 0.770. The highest BCUT2D eigenvalue weighted by molar-refractivity contribution is 14.1. The van der Waals surface area contributed by atoms with Gasteiger partial charge in [-0.1, -0.05) is 34.6 Å². The van der Waals surface area contributed by atoms with Gasteiger partial charge in [0.05, 0.1) is 0 Å². The van der Waals surface area contributed by atoms with E-state index in [0.29, 0.717) is 0 Å². The van der Waals surface area contributed by atoms with E-state index in [1.165, 1.54) is 5.98 Å². The first-order valence-electron chi connectivity index (χ1n) is 2.86. The van der Waals surface area contributed by atoms with E-state index in [2.05, 4.69) is 22.6 Å². The summed E-state index contributed by atoms with van der Waals surface area (Å²) in [6.07, 6.45) is 3.81. The molecule has 0 aromatic rings. The van der Waals surface area contributed by atoms with Gasteiger partial charge in [0.2, 0.25) is 0 Å². The molecule has 0 heterocycles. The molecule has 9 heavy (non-hydrogen) atoms. The van der Waals surface area contributed by atoms with E-state index < -0.39 is 7.12 Å². The van der Waals surface area contributed by atoms with Gasteiger partial charge in [-0.25, -0.2) is 0 Å². The molecule has 0 aliphatic carbocycles. The molecule has 0 aromatic carbocycles. The van der Waals surface area contributed by atoms with Crippen LogP contribution in [0.2, 0.25) is 0 Å². The lowest BCUT2D eigenvalue weighted by atomic mass is 9.91. The van der Waals surface area contributed by atoms with Crippen molar-refractivity contribution in [1.82, 2.24) is 0 Å². The molecule has 0 aromatic heterocycles. The molecule has 2 N–H and O–H groups in total. The Kier molecular flexibility index (Phi) is 6.91. The number of alkyl halides is 1. The fraction of sp³-hybridized carbons (Fsp3) is 0.600. The molecule has 0 saturated heterocycles. The number of hydrogen-bond acceptors (Lipinski definition) is 2. The van der Waals surface area contributed by atoms with Gasteiger partial charge in [0.25, 0.3) is 0 Å². The third-order valence-corrected chi connectivity index (χ3v) is 1.58. The zero-order valence-corrected chi connectivity index (χ0v) is 7.28. The number of unbranched alkanes of at least 4 members (excludes halogenated alkanes) is 1. The average molecular weight is 240 g/mol. The van der Waals surface area contributed by atoms with Crippen LogP contribution in [-0.4, -0.2) is 21.6 Å². The maximum absolute atomic E-state index is 8.32. The molecule has 0 radical (unpaired) electrons. The molecule has 52 valence electrons. The second kappa shape index (κ2) is 6.57. The molecule has 0 fully saturated rings. The average Bonchev–Trinajstić information content (AvgIpc) is 1.80. The van der Waals surface area contributed by atoms with Gasteiger partial charge in [0, 0.05) is 0 Å². The minimum atomic E-state index is -1.28. The van der Waals surface area contributed by atoms with Crippen molar-refractivity contribution < 1.29 is 10.0 Å². The molecule has 2 nitrogen and oxygen atoms in total. The monoisotopic (exact) mass is 240 g/mol. The summed E-state index contributed by atoms with van der Waals surface area (Å²) in [6.45, 7) is 0. The standard InChI is InChI=1S/C5H10BIO2/c7-5-3-1-2-4-6(8)9/h2,4,8-9H,1,3,5H2. The number of rotatable bonds is 4. The summed E-state index contributed by atoms with van der Waals surface area (Å²) >= 11 is 2.29. The molecular weight excluding hydrogens is 230 g/mol. The Morgan fingerprint density at radius 3 is 2.56 bits per heavy atom. The van der Waals surface area contributed by atoms with Gasteiger partial charge in [-0.15, -0.1) is 0 Å². The Bertz CT molecular complexity index is 85.0. The Morgan fingerprint density at radius 1 is 1.44 bits per heavy atom. The Balaban J connectivity index is 3.04. The van der Waals surface area contributed by atoms with Crippen LogP contribution in [0.15, 0.2) is 12.1 Å². The number of halogens is 1. The van der Waals surface area contributed by atoms with Crippen LogP contribution in [0.1, 0.15) is 12.8 Å². The van der Waals surface area contributed by atoms with Gasteiger partial charge in [-0.3, -0.25) is 0 Å². The van der Waals surface area contributed by atoms with Gasteiger partial charge in [0.15, 0.2) is 0 Å². The summed E-state index contributed by atoms with van der Waals surface area (Å²) in [4.78, 5) is 0. The first kappa shape index (κ1) is 9.45. The van der Waals surface area contributed by atoms with Crippen LogP contribution in [0, 0.1) is 0 Å². The molecule has 0 atom stereocenters. The summed E-state index contributed by atoms with van der Waals surface area (Å²) in [5.74, 6) is 1.38. The van der Waals surface area contributed by atoms with Crippen molar-refractivity contribution in [2.24, 2.45) is 0 Å². The van der Waals surface area contributed by atoms with Gasteiger partial charge in [-0.05, 0) is 17.3 Å². The highest BCUT2D eigenvalue weighted by Gasteiger charge is 1.95. The lowest BCUT2D eigenvalue weighted by molar-refractivity contribution is 0.424. The fourth-order valence-corrected chi connectivity index (χ4v) is 0.853. The summed E-state index contributed by atoms with van der Waals surface area (Å²) in [5.41, 5.74) is 0. The van der Waals surface area contributed by atoms with E-state index in [1.807, 2.05) is 0 Å². The van der Waals surface area contributed by atoms with Crippen molar-refractivity contribution in [2.45, 2.75) is 12.8 Å². The SMILES string of the molecule is OB(O)C=CCCCI. The van der Waals surface area contributed by atoms with E-state index >= 15 is 0 Å². The molecule has 4 heteroatoms. The first-order valence-corrected chi connectivity index (χ1v) is 4.38. The van der Waals surface area contributed by atoms with E-state index in [1.54, 1.807) is 6.08 Å². The minimum absolute atomic E-state index is 0.931. The van der Waals surface area contributed by atoms with Crippen LogP contribution in [0.4, 0.5) is 0 Å². The predicted molar refractivity (Wildman–Crippen MR) is 47.5 cm³/mol. The Labute approximate surface area is 69.3 Å². The van der Waals surface area contributed by atoms with Gasteiger partial charge >= 0.3 is 7.12 Å². The van der Waals surface area contributed by atoms with Crippen LogP contribution in [0.5, 0.6) is 0 Å². The molecule has 0 aliphatic heterocycles. The maximum atomic E-state index is 8.32. The fourth-order valence-electron chi connectivity index (χ4n) is 0.413. The van der Waals surface area contributed by atoms with Crippen molar-refractivity contribution in [1.29, 1.82) is 0 Å². The molecule has 0 rings (SSSR count). The molecule has 0 saturated carbocycles. The van der Waals surface area contributed by atoms with Crippen LogP contribution < -0.4 is 0 Å². The Morgan fingerprint density at radius 2 is 2.11 bits per heavy atom. The topological polar surface area (TPSA) is 40.5 Å².